The molecule has 0 aromatic carbocycles. The van der Waals surface area contributed by atoms with Crippen LogP contribution in [0.5, 0.6) is 0 Å². The highest BCUT2D eigenvalue weighted by atomic mass is 32.1. The zero-order valence-corrected chi connectivity index (χ0v) is 12.1. The molecular weight excluding hydrogens is 262 g/mol. The highest BCUT2D eigenvalue weighted by molar-refractivity contribution is 7.05. The lowest BCUT2D eigenvalue weighted by atomic mass is 10.3. The normalized spacial score (nSPS) is 10.9. The van der Waals surface area contributed by atoms with Gasteiger partial charge >= 0.3 is 0 Å². The van der Waals surface area contributed by atoms with E-state index in [-0.39, 0.29) is 5.91 Å². The number of hydrogen-bond donors (Lipinski definition) is 1. The van der Waals surface area contributed by atoms with Crippen LogP contribution in [0, 0.1) is 6.92 Å². The maximum absolute atomic E-state index is 11.9. The van der Waals surface area contributed by atoms with Gasteiger partial charge in [-0.2, -0.15) is 9.47 Å². The van der Waals surface area contributed by atoms with Crippen LogP contribution in [0.1, 0.15) is 15.4 Å². The molecule has 19 heavy (non-hydrogen) atoms. The number of likely N-dealkylation sites (N-methyl/N-ethyl adjacent to an activating group) is 1. The molecule has 1 amide bonds. The highest BCUT2D eigenvalue weighted by Crippen LogP contribution is 2.11. The molecule has 0 radical (unpaired) electrons. The molecule has 2 aromatic heterocycles. The maximum Gasteiger partial charge on any atom is 0.275 e. The monoisotopic (exact) mass is 279 g/mol. The summed E-state index contributed by atoms with van der Waals surface area (Å²) in [7, 11) is 4.02. The van der Waals surface area contributed by atoms with Crippen LogP contribution >= 0.6 is 11.5 Å². The minimum atomic E-state index is -0.198. The largest absolute Gasteiger partial charge is 0.318 e. The second-order valence-electron chi connectivity index (χ2n) is 4.57. The molecular formula is C12H17N5OS. The number of hydrogen-bond acceptors (Lipinski definition) is 5. The molecule has 0 aliphatic rings. The van der Waals surface area contributed by atoms with Gasteiger partial charge in [0.25, 0.3) is 5.91 Å². The first-order valence-electron chi connectivity index (χ1n) is 5.96. The first kappa shape index (κ1) is 13.7. The van der Waals surface area contributed by atoms with E-state index in [0.717, 1.165) is 18.0 Å². The second-order valence-corrected chi connectivity index (χ2v) is 5.58. The smallest absolute Gasteiger partial charge is 0.275 e. The molecule has 102 valence electrons. The molecule has 7 heteroatoms. The summed E-state index contributed by atoms with van der Waals surface area (Å²) in [4.78, 5) is 15.0. The van der Waals surface area contributed by atoms with E-state index in [1.165, 1.54) is 11.5 Å². The lowest BCUT2D eigenvalue weighted by molar-refractivity contribution is 0.102. The number of aromatic nitrogens is 3. The Morgan fingerprint density at radius 1 is 1.53 bits per heavy atom. The van der Waals surface area contributed by atoms with Crippen LogP contribution < -0.4 is 5.32 Å². The van der Waals surface area contributed by atoms with Gasteiger partial charge in [0, 0.05) is 17.6 Å². The Labute approximate surface area is 116 Å². The van der Waals surface area contributed by atoms with Crippen molar-refractivity contribution in [2.75, 3.05) is 26.0 Å². The van der Waals surface area contributed by atoms with Crippen molar-refractivity contribution < 1.29 is 4.79 Å². The summed E-state index contributed by atoms with van der Waals surface area (Å²) in [6.45, 7) is 3.62. The van der Waals surface area contributed by atoms with Gasteiger partial charge < -0.3 is 10.2 Å². The van der Waals surface area contributed by atoms with Crippen LogP contribution in [0.15, 0.2) is 18.5 Å². The Morgan fingerprint density at radius 2 is 2.32 bits per heavy atom. The van der Waals surface area contributed by atoms with Gasteiger partial charge in [-0.25, -0.2) is 0 Å². The third-order valence-electron chi connectivity index (χ3n) is 2.53. The van der Waals surface area contributed by atoms with Crippen LogP contribution in [-0.4, -0.2) is 45.6 Å². The summed E-state index contributed by atoms with van der Waals surface area (Å²) in [6.07, 6.45) is 3.47. The van der Waals surface area contributed by atoms with Crippen molar-refractivity contribution in [1.29, 1.82) is 0 Å². The average Bonchev–Trinajstić information content (AvgIpc) is 2.95. The van der Waals surface area contributed by atoms with Crippen molar-refractivity contribution in [2.45, 2.75) is 13.5 Å². The summed E-state index contributed by atoms with van der Waals surface area (Å²) in [5, 5.41) is 6.99. The minimum Gasteiger partial charge on any atom is -0.318 e. The van der Waals surface area contributed by atoms with Gasteiger partial charge in [0.1, 0.15) is 5.69 Å². The fourth-order valence-corrected chi connectivity index (χ4v) is 2.06. The molecule has 0 bridgehead atoms. The molecule has 0 atom stereocenters. The summed E-state index contributed by atoms with van der Waals surface area (Å²) in [5.41, 5.74) is 1.14. The van der Waals surface area contributed by atoms with Gasteiger partial charge in [-0.1, -0.05) is 0 Å². The third kappa shape index (κ3) is 3.87. The van der Waals surface area contributed by atoms with Gasteiger partial charge in [0.05, 0.1) is 18.4 Å². The van der Waals surface area contributed by atoms with Gasteiger partial charge in [0.15, 0.2) is 0 Å². The molecule has 1 N–H and O–H groups in total. The van der Waals surface area contributed by atoms with Crippen molar-refractivity contribution >= 4 is 23.1 Å². The average molecular weight is 279 g/mol. The number of amides is 1. The molecule has 0 aliphatic carbocycles. The van der Waals surface area contributed by atoms with Crippen LogP contribution in [0.25, 0.3) is 0 Å². The molecule has 6 nitrogen and oxygen atoms in total. The van der Waals surface area contributed by atoms with Crippen molar-refractivity contribution in [3.63, 3.8) is 0 Å². The Balaban J connectivity index is 1.94. The van der Waals surface area contributed by atoms with E-state index in [1.54, 1.807) is 12.3 Å². The van der Waals surface area contributed by atoms with Crippen molar-refractivity contribution in [3.8, 4) is 0 Å². The van der Waals surface area contributed by atoms with Gasteiger partial charge in [0.2, 0.25) is 0 Å². The molecule has 2 heterocycles. The molecule has 0 saturated carbocycles. The number of carbonyl (C=O) groups is 1. The zero-order chi connectivity index (χ0) is 13.8. The third-order valence-corrected chi connectivity index (χ3v) is 3.22. The van der Waals surface area contributed by atoms with Crippen molar-refractivity contribution in [2.24, 2.45) is 0 Å². The topological polar surface area (TPSA) is 63.1 Å². The predicted octanol–water partition coefficient (Wildman–Crippen LogP) is 1.46. The first-order chi connectivity index (χ1) is 9.04. The number of nitrogens with zero attached hydrogens (tertiary/aromatic N) is 4. The molecule has 2 rings (SSSR count). The Morgan fingerprint density at radius 3 is 2.95 bits per heavy atom. The van der Waals surface area contributed by atoms with Gasteiger partial charge in [-0.3, -0.25) is 9.48 Å². The summed E-state index contributed by atoms with van der Waals surface area (Å²) < 4.78 is 5.88. The number of rotatable bonds is 5. The van der Waals surface area contributed by atoms with E-state index < -0.39 is 0 Å². The van der Waals surface area contributed by atoms with E-state index in [1.807, 2.05) is 31.9 Å². The van der Waals surface area contributed by atoms with Gasteiger partial charge in [-0.05, 0) is 38.6 Å². The minimum absolute atomic E-state index is 0.198. The Bertz CT molecular complexity index is 560. The second kappa shape index (κ2) is 5.94. The lowest BCUT2D eigenvalue weighted by Crippen LogP contribution is -2.18. The first-order valence-corrected chi connectivity index (χ1v) is 6.74. The number of carbonyl (C=O) groups excluding carboxylic acids is 1. The SMILES string of the molecule is Cc1cc(C(=O)Nc2cnn(CCN(C)C)c2)ns1. The van der Waals surface area contributed by atoms with Crippen molar-refractivity contribution in [1.82, 2.24) is 19.1 Å². The Kier molecular flexibility index (Phi) is 4.28. The Hall–Kier alpha value is -1.73. The van der Waals surface area contributed by atoms with E-state index in [9.17, 15) is 4.79 Å². The predicted molar refractivity (Wildman–Crippen MR) is 75.6 cm³/mol. The van der Waals surface area contributed by atoms with E-state index in [0.29, 0.717) is 11.4 Å². The fourth-order valence-electron chi connectivity index (χ4n) is 1.52. The van der Waals surface area contributed by atoms with E-state index in [2.05, 4.69) is 19.7 Å². The van der Waals surface area contributed by atoms with Crippen LogP contribution in [-0.2, 0) is 6.54 Å². The molecule has 0 fully saturated rings. The summed E-state index contributed by atoms with van der Waals surface area (Å²) in [6, 6.07) is 1.77. The fraction of sp³-hybridized carbons (Fsp3) is 0.417. The number of anilines is 1. The van der Waals surface area contributed by atoms with Crippen LogP contribution in [0.3, 0.4) is 0 Å². The molecule has 0 aliphatic heterocycles. The number of aryl methyl sites for hydroxylation is 1. The molecule has 2 aromatic rings. The quantitative estimate of drug-likeness (QED) is 0.900. The molecule has 0 saturated heterocycles. The van der Waals surface area contributed by atoms with Crippen molar-refractivity contribution in [3.05, 3.63) is 29.0 Å². The molecule has 0 unspecified atom stereocenters. The summed E-state index contributed by atoms with van der Waals surface area (Å²) in [5.74, 6) is -0.198. The van der Waals surface area contributed by atoms with E-state index in [4.69, 9.17) is 0 Å². The molecule has 0 spiro atoms. The number of nitrogens with one attached hydrogen (secondary N) is 1. The van der Waals surface area contributed by atoms with Gasteiger partial charge in [-0.15, -0.1) is 0 Å². The zero-order valence-electron chi connectivity index (χ0n) is 11.3. The maximum atomic E-state index is 11.9. The summed E-state index contributed by atoms with van der Waals surface area (Å²) >= 11 is 1.32. The lowest BCUT2D eigenvalue weighted by Gasteiger charge is -2.08. The standard InChI is InChI=1S/C12H17N5OS/c1-9-6-11(15-19-9)12(18)14-10-7-13-17(8-10)5-4-16(2)3/h6-8H,4-5H2,1-3H3,(H,14,18). The van der Waals surface area contributed by atoms with Crippen LogP contribution in [0.4, 0.5) is 5.69 Å². The van der Waals surface area contributed by atoms with E-state index >= 15 is 0 Å². The highest BCUT2D eigenvalue weighted by Gasteiger charge is 2.10. The van der Waals surface area contributed by atoms with Crippen LogP contribution in [0.2, 0.25) is 0 Å².